The second-order valence-electron chi connectivity index (χ2n) is 11.2. The maximum absolute atomic E-state index is 13.1. The Bertz CT molecular complexity index is 1850. The highest BCUT2D eigenvalue weighted by Gasteiger charge is 2.42. The van der Waals surface area contributed by atoms with Gasteiger partial charge in [-0.15, -0.1) is 0 Å². The molecule has 0 bridgehead atoms. The largest absolute Gasteiger partial charge is 0.494 e. The average Bonchev–Trinajstić information content (AvgIpc) is 3.41. The van der Waals surface area contributed by atoms with E-state index in [9.17, 15) is 9.36 Å². The van der Waals surface area contributed by atoms with Gasteiger partial charge in [0.15, 0.2) is 0 Å². The standard InChI is InChI=1S/C34H39N4O3P/c1-8-37(4)34(32-22-35-23-36(32)3,25-13-16-28(17-14-25)42(6,7)40)26-15-18-31-30(20-26)29(21-33(39)38(31)5)24-11-10-12-27(19-24)41-9-2/h10-23H,8-9H2,1-7H3. The molecule has 0 saturated heterocycles. The van der Waals surface area contributed by atoms with Crippen LogP contribution in [0.2, 0.25) is 0 Å². The smallest absolute Gasteiger partial charge is 0.251 e. The average molecular weight is 583 g/mol. The summed E-state index contributed by atoms with van der Waals surface area (Å²) in [7, 11) is 3.50. The number of aromatic nitrogens is 3. The highest BCUT2D eigenvalue weighted by atomic mass is 31.2. The van der Waals surface area contributed by atoms with E-state index in [0.29, 0.717) is 6.61 Å². The van der Waals surface area contributed by atoms with Gasteiger partial charge in [0.25, 0.3) is 5.56 Å². The molecule has 0 fully saturated rings. The zero-order valence-corrected chi connectivity index (χ0v) is 26.4. The number of hydrogen-bond acceptors (Lipinski definition) is 5. The summed E-state index contributed by atoms with van der Waals surface area (Å²) in [6.45, 7) is 9.00. The van der Waals surface area contributed by atoms with Crippen molar-refractivity contribution in [3.8, 4) is 16.9 Å². The molecule has 0 radical (unpaired) electrons. The monoisotopic (exact) mass is 582 g/mol. The van der Waals surface area contributed by atoms with Gasteiger partial charge in [-0.3, -0.25) is 9.69 Å². The van der Waals surface area contributed by atoms with E-state index in [2.05, 4.69) is 52.7 Å². The lowest BCUT2D eigenvalue weighted by molar-refractivity contribution is 0.201. The summed E-state index contributed by atoms with van der Waals surface area (Å²) in [5.41, 5.74) is 4.88. The fraction of sp³-hybridized carbons (Fsp3) is 0.294. The van der Waals surface area contributed by atoms with Gasteiger partial charge in [0, 0.05) is 30.9 Å². The molecule has 7 nitrogen and oxygen atoms in total. The molecule has 0 spiro atoms. The zero-order chi connectivity index (χ0) is 30.2. The summed E-state index contributed by atoms with van der Waals surface area (Å²) < 4.78 is 22.4. The summed E-state index contributed by atoms with van der Waals surface area (Å²) in [6, 6.07) is 24.1. The molecule has 1 atom stereocenters. The Hall–Kier alpha value is -3.93. The zero-order valence-electron chi connectivity index (χ0n) is 25.5. The molecule has 0 saturated carbocycles. The normalized spacial score (nSPS) is 13.4. The summed E-state index contributed by atoms with van der Waals surface area (Å²) >= 11 is 0. The van der Waals surface area contributed by atoms with Crippen LogP contribution >= 0.6 is 7.14 Å². The first-order chi connectivity index (χ1) is 20.0. The number of fused-ring (bicyclic) bond motifs is 1. The van der Waals surface area contributed by atoms with Crippen LogP contribution in [-0.4, -0.2) is 52.5 Å². The molecule has 8 heteroatoms. The minimum absolute atomic E-state index is 0.0743. The quantitative estimate of drug-likeness (QED) is 0.205. The molecule has 42 heavy (non-hydrogen) atoms. The number of ether oxygens (including phenoxy) is 1. The van der Waals surface area contributed by atoms with E-state index in [1.54, 1.807) is 24.0 Å². The second kappa shape index (κ2) is 11.4. The van der Waals surface area contributed by atoms with Gasteiger partial charge in [0.05, 0.1) is 30.3 Å². The highest BCUT2D eigenvalue weighted by molar-refractivity contribution is 7.70. The molecule has 0 amide bonds. The van der Waals surface area contributed by atoms with Gasteiger partial charge >= 0.3 is 0 Å². The van der Waals surface area contributed by atoms with Crippen molar-refractivity contribution in [2.24, 2.45) is 14.1 Å². The number of benzene rings is 3. The van der Waals surface area contributed by atoms with Gasteiger partial charge < -0.3 is 18.4 Å². The van der Waals surface area contributed by atoms with Crippen molar-refractivity contribution in [1.82, 2.24) is 19.0 Å². The van der Waals surface area contributed by atoms with E-state index in [4.69, 9.17) is 4.74 Å². The Morgan fingerprint density at radius 1 is 0.952 bits per heavy atom. The Labute approximate surface area is 247 Å². The fourth-order valence-electron chi connectivity index (χ4n) is 5.95. The predicted octanol–water partition coefficient (Wildman–Crippen LogP) is 5.83. The molecule has 1 unspecified atom stereocenters. The lowest BCUT2D eigenvalue weighted by atomic mass is 9.78. The number of hydrogen-bond donors (Lipinski definition) is 0. The minimum atomic E-state index is -2.43. The molecular weight excluding hydrogens is 543 g/mol. The number of rotatable bonds is 9. The van der Waals surface area contributed by atoms with Crippen molar-refractivity contribution in [3.05, 3.63) is 112 Å². The van der Waals surface area contributed by atoms with Gasteiger partial charge in [-0.25, -0.2) is 4.98 Å². The van der Waals surface area contributed by atoms with Crippen LogP contribution in [0.25, 0.3) is 22.0 Å². The maximum atomic E-state index is 13.1. The Kier molecular flexibility index (Phi) is 8.02. The van der Waals surface area contributed by atoms with Gasteiger partial charge in [-0.1, -0.05) is 49.4 Å². The van der Waals surface area contributed by atoms with Crippen LogP contribution in [0.4, 0.5) is 0 Å². The van der Waals surface area contributed by atoms with Crippen molar-refractivity contribution >= 4 is 23.3 Å². The topological polar surface area (TPSA) is 69.4 Å². The predicted molar refractivity (Wildman–Crippen MR) is 173 cm³/mol. The van der Waals surface area contributed by atoms with Crippen molar-refractivity contribution in [2.45, 2.75) is 19.4 Å². The molecule has 218 valence electrons. The molecule has 0 aliphatic heterocycles. The summed E-state index contributed by atoms with van der Waals surface area (Å²) in [5, 5.41) is 1.80. The number of nitrogens with zero attached hydrogens (tertiary/aromatic N) is 4. The van der Waals surface area contributed by atoms with Crippen molar-refractivity contribution in [1.29, 1.82) is 0 Å². The lowest BCUT2D eigenvalue weighted by Gasteiger charge is -2.43. The van der Waals surface area contributed by atoms with Crippen molar-refractivity contribution < 1.29 is 9.30 Å². The Morgan fingerprint density at radius 2 is 1.67 bits per heavy atom. The third-order valence-corrected chi connectivity index (χ3v) is 9.80. The van der Waals surface area contributed by atoms with E-state index in [0.717, 1.165) is 56.4 Å². The Morgan fingerprint density at radius 3 is 2.29 bits per heavy atom. The minimum Gasteiger partial charge on any atom is -0.494 e. The first kappa shape index (κ1) is 29.6. The van der Waals surface area contributed by atoms with Crippen LogP contribution in [0.5, 0.6) is 5.75 Å². The van der Waals surface area contributed by atoms with E-state index in [1.165, 1.54) is 0 Å². The number of pyridine rings is 1. The molecule has 0 aliphatic carbocycles. The molecule has 2 heterocycles. The van der Waals surface area contributed by atoms with Gasteiger partial charge in [0.1, 0.15) is 18.4 Å². The first-order valence-electron chi connectivity index (χ1n) is 14.2. The second-order valence-corrected chi connectivity index (χ2v) is 14.4. The highest BCUT2D eigenvalue weighted by Crippen LogP contribution is 2.44. The van der Waals surface area contributed by atoms with E-state index >= 15 is 0 Å². The molecule has 0 aliphatic rings. The van der Waals surface area contributed by atoms with Gasteiger partial charge in [-0.05, 0) is 80.4 Å². The van der Waals surface area contributed by atoms with Crippen LogP contribution in [0.1, 0.15) is 30.7 Å². The summed E-state index contributed by atoms with van der Waals surface area (Å²) in [6.07, 6.45) is 3.74. The molecule has 0 N–H and O–H groups in total. The van der Waals surface area contributed by atoms with E-state index in [-0.39, 0.29) is 5.56 Å². The van der Waals surface area contributed by atoms with Crippen LogP contribution in [0.3, 0.4) is 0 Å². The van der Waals surface area contributed by atoms with Crippen LogP contribution in [0.15, 0.2) is 90.1 Å². The third-order valence-electron chi connectivity index (χ3n) is 8.26. The van der Waals surface area contributed by atoms with Crippen molar-refractivity contribution in [2.75, 3.05) is 33.5 Å². The molecule has 5 rings (SSSR count). The van der Waals surface area contributed by atoms with Gasteiger partial charge in [0.2, 0.25) is 0 Å². The SMILES string of the molecule is CCOc1cccc(-c2cc(=O)n(C)c3ccc(C(c4ccc(P(C)(C)=O)cc4)(c4cncn4C)N(C)CC)cc23)c1. The number of imidazole rings is 1. The fourth-order valence-corrected chi connectivity index (χ4v) is 6.82. The van der Waals surface area contributed by atoms with E-state index < -0.39 is 12.7 Å². The molecule has 3 aromatic carbocycles. The van der Waals surface area contributed by atoms with Crippen LogP contribution in [0, 0.1) is 0 Å². The van der Waals surface area contributed by atoms with Crippen LogP contribution < -0.4 is 15.6 Å². The number of aryl methyl sites for hydroxylation is 2. The maximum Gasteiger partial charge on any atom is 0.251 e. The molecule has 2 aromatic heterocycles. The first-order valence-corrected chi connectivity index (χ1v) is 16.8. The summed E-state index contributed by atoms with van der Waals surface area (Å²) in [4.78, 5) is 20.0. The third kappa shape index (κ3) is 5.01. The van der Waals surface area contributed by atoms with E-state index in [1.807, 2.05) is 76.0 Å². The molecular formula is C34H39N4O3P. The van der Waals surface area contributed by atoms with Crippen LogP contribution in [-0.2, 0) is 24.2 Å². The Balaban J connectivity index is 1.87. The summed E-state index contributed by atoms with van der Waals surface area (Å²) in [5.74, 6) is 0.763. The van der Waals surface area contributed by atoms with Gasteiger partial charge in [-0.2, -0.15) is 0 Å². The van der Waals surface area contributed by atoms with Crippen molar-refractivity contribution in [3.63, 3.8) is 0 Å². The molecule has 5 aromatic rings. The lowest BCUT2D eigenvalue weighted by Crippen LogP contribution is -2.47.